The number of nitrogen functional groups attached to an aromatic ring is 1. The number of fused-ring (bicyclic) bond motifs is 1. The van der Waals surface area contributed by atoms with Gasteiger partial charge in [-0.3, -0.25) is 4.79 Å². The summed E-state index contributed by atoms with van der Waals surface area (Å²) in [6.45, 7) is 1.52. The van der Waals surface area contributed by atoms with Crippen molar-refractivity contribution in [3.63, 3.8) is 0 Å². The predicted octanol–water partition coefficient (Wildman–Crippen LogP) is 0.462. The number of alkyl halides is 2. The Kier molecular flexibility index (Phi) is 4.07. The number of aromatic nitrogens is 4. The number of halogens is 2. The van der Waals surface area contributed by atoms with Gasteiger partial charge in [-0.15, -0.1) is 0 Å². The highest BCUT2D eigenvalue weighted by atomic mass is 19.3. The second kappa shape index (κ2) is 6.03. The Morgan fingerprint density at radius 2 is 2.22 bits per heavy atom. The van der Waals surface area contributed by atoms with Crippen molar-refractivity contribution in [1.29, 1.82) is 0 Å². The Balaban J connectivity index is 1.88. The Bertz CT molecular complexity index is 718. The van der Waals surface area contributed by atoms with Crippen molar-refractivity contribution in [2.45, 2.75) is 25.4 Å². The Labute approximate surface area is 130 Å². The van der Waals surface area contributed by atoms with Crippen LogP contribution in [0.3, 0.4) is 0 Å². The summed E-state index contributed by atoms with van der Waals surface area (Å²) >= 11 is 0. The van der Waals surface area contributed by atoms with E-state index in [0.29, 0.717) is 11.2 Å². The molecule has 0 radical (unpaired) electrons. The number of carbonyl (C=O) groups excluding carboxylic acids is 1. The first-order valence-corrected chi connectivity index (χ1v) is 7.08. The van der Waals surface area contributed by atoms with Gasteiger partial charge in [0.15, 0.2) is 11.5 Å². The summed E-state index contributed by atoms with van der Waals surface area (Å²) in [4.78, 5) is 25.8. The maximum Gasteiger partial charge on any atom is 0.255 e. The van der Waals surface area contributed by atoms with Crippen LogP contribution in [-0.2, 0) is 9.53 Å². The van der Waals surface area contributed by atoms with Gasteiger partial charge in [0, 0.05) is 0 Å². The third-order valence-electron chi connectivity index (χ3n) is 3.84. The molecule has 1 fully saturated rings. The first-order chi connectivity index (χ1) is 11.0. The standard InChI is InChI=1S/C13H16F2N6O2/c1-7(13(22)20(2-9(14)15)8-3-23-4-8)21-6-19-10-11(16)17-5-18-12(10)21/h5-9H,2-4H2,1H3,(H2,16,17,18). The molecule has 0 bridgehead atoms. The SMILES string of the molecule is CC(C(=O)N(CC(F)F)C1COC1)n1cnc2c(N)ncnc21. The highest BCUT2D eigenvalue weighted by Crippen LogP contribution is 2.22. The number of carbonyl (C=O) groups is 1. The number of hydrogen-bond donors (Lipinski definition) is 1. The maximum absolute atomic E-state index is 12.8. The molecule has 2 aromatic heterocycles. The number of nitrogens with zero attached hydrogens (tertiary/aromatic N) is 5. The van der Waals surface area contributed by atoms with E-state index in [4.69, 9.17) is 10.5 Å². The highest BCUT2D eigenvalue weighted by molar-refractivity contribution is 5.85. The number of amides is 1. The van der Waals surface area contributed by atoms with Crippen LogP contribution in [0.5, 0.6) is 0 Å². The molecule has 0 saturated carbocycles. The van der Waals surface area contributed by atoms with E-state index >= 15 is 0 Å². The van der Waals surface area contributed by atoms with Gasteiger partial charge >= 0.3 is 0 Å². The lowest BCUT2D eigenvalue weighted by molar-refractivity contribution is -0.151. The Hall–Kier alpha value is -2.36. The zero-order valence-electron chi connectivity index (χ0n) is 12.4. The number of rotatable bonds is 5. The molecule has 1 unspecified atom stereocenters. The lowest BCUT2D eigenvalue weighted by atomic mass is 10.1. The molecule has 10 heteroatoms. The van der Waals surface area contributed by atoms with Crippen LogP contribution >= 0.6 is 0 Å². The molecular formula is C13H16F2N6O2. The fourth-order valence-electron chi connectivity index (χ4n) is 2.48. The van der Waals surface area contributed by atoms with E-state index in [1.165, 1.54) is 17.2 Å². The van der Waals surface area contributed by atoms with Crippen LogP contribution in [0.15, 0.2) is 12.7 Å². The van der Waals surface area contributed by atoms with Gasteiger partial charge in [-0.25, -0.2) is 23.7 Å². The monoisotopic (exact) mass is 326 g/mol. The summed E-state index contributed by atoms with van der Waals surface area (Å²) in [5, 5.41) is 0. The Morgan fingerprint density at radius 1 is 1.48 bits per heavy atom. The van der Waals surface area contributed by atoms with E-state index in [2.05, 4.69) is 15.0 Å². The van der Waals surface area contributed by atoms with Gasteiger partial charge < -0.3 is 19.9 Å². The highest BCUT2D eigenvalue weighted by Gasteiger charge is 2.35. The van der Waals surface area contributed by atoms with Gasteiger partial charge in [0.1, 0.15) is 17.9 Å². The predicted molar refractivity (Wildman–Crippen MR) is 76.8 cm³/mol. The average Bonchev–Trinajstić information content (AvgIpc) is 2.88. The number of hydrogen-bond acceptors (Lipinski definition) is 6. The van der Waals surface area contributed by atoms with E-state index in [1.54, 1.807) is 6.92 Å². The number of imidazole rings is 1. The summed E-state index contributed by atoms with van der Waals surface area (Å²) < 4.78 is 32.1. The van der Waals surface area contributed by atoms with Crippen LogP contribution in [0.1, 0.15) is 13.0 Å². The van der Waals surface area contributed by atoms with Crippen molar-refractivity contribution >= 4 is 22.9 Å². The molecule has 23 heavy (non-hydrogen) atoms. The molecule has 1 atom stereocenters. The van der Waals surface area contributed by atoms with Gasteiger partial charge in [-0.05, 0) is 6.92 Å². The average molecular weight is 326 g/mol. The van der Waals surface area contributed by atoms with Gasteiger partial charge in [0.05, 0.1) is 32.1 Å². The van der Waals surface area contributed by atoms with Crippen LogP contribution in [0, 0.1) is 0 Å². The summed E-state index contributed by atoms with van der Waals surface area (Å²) in [7, 11) is 0. The number of ether oxygens (including phenoxy) is 1. The quantitative estimate of drug-likeness (QED) is 0.857. The zero-order valence-corrected chi connectivity index (χ0v) is 12.4. The van der Waals surface area contributed by atoms with Crippen molar-refractivity contribution < 1.29 is 18.3 Å². The largest absolute Gasteiger partial charge is 0.382 e. The van der Waals surface area contributed by atoms with Crippen LogP contribution in [0.2, 0.25) is 0 Å². The first kappa shape index (κ1) is 15.5. The van der Waals surface area contributed by atoms with Crippen LogP contribution in [0.4, 0.5) is 14.6 Å². The topological polar surface area (TPSA) is 99.2 Å². The lowest BCUT2D eigenvalue weighted by Crippen LogP contribution is -2.54. The summed E-state index contributed by atoms with van der Waals surface area (Å²) in [6.07, 6.45) is 0.0732. The summed E-state index contributed by atoms with van der Waals surface area (Å²) in [5.74, 6) is -0.236. The minimum absolute atomic E-state index is 0.199. The normalized spacial score (nSPS) is 16.5. The second-order valence-electron chi connectivity index (χ2n) is 5.33. The summed E-state index contributed by atoms with van der Waals surface area (Å²) in [5.41, 5.74) is 6.48. The molecule has 3 heterocycles. The minimum Gasteiger partial charge on any atom is -0.382 e. The maximum atomic E-state index is 12.8. The molecule has 8 nitrogen and oxygen atoms in total. The molecule has 0 spiro atoms. The van der Waals surface area contributed by atoms with E-state index in [1.807, 2.05) is 0 Å². The molecule has 2 N–H and O–H groups in total. The third-order valence-corrected chi connectivity index (χ3v) is 3.84. The third kappa shape index (κ3) is 2.81. The van der Waals surface area contributed by atoms with Gasteiger partial charge in [-0.2, -0.15) is 0 Å². The van der Waals surface area contributed by atoms with Crippen LogP contribution in [0.25, 0.3) is 11.2 Å². The molecule has 1 aliphatic heterocycles. The molecule has 0 aliphatic carbocycles. The minimum atomic E-state index is -2.61. The fourth-order valence-corrected chi connectivity index (χ4v) is 2.48. The summed E-state index contributed by atoms with van der Waals surface area (Å²) in [6, 6.07) is -1.07. The van der Waals surface area contributed by atoms with Crippen LogP contribution in [-0.4, -0.2) is 62.6 Å². The van der Waals surface area contributed by atoms with E-state index in [9.17, 15) is 13.6 Å². The molecule has 1 aliphatic rings. The second-order valence-corrected chi connectivity index (χ2v) is 5.33. The van der Waals surface area contributed by atoms with E-state index in [-0.39, 0.29) is 25.1 Å². The van der Waals surface area contributed by atoms with Gasteiger partial charge in [0.25, 0.3) is 6.43 Å². The molecule has 124 valence electrons. The van der Waals surface area contributed by atoms with E-state index < -0.39 is 24.9 Å². The van der Waals surface area contributed by atoms with Crippen LogP contribution < -0.4 is 5.73 Å². The van der Waals surface area contributed by atoms with Crippen molar-refractivity contribution in [2.24, 2.45) is 0 Å². The molecule has 0 aromatic carbocycles. The first-order valence-electron chi connectivity index (χ1n) is 7.08. The van der Waals surface area contributed by atoms with Crippen molar-refractivity contribution in [3.8, 4) is 0 Å². The lowest BCUT2D eigenvalue weighted by Gasteiger charge is -2.38. The molecular weight excluding hydrogens is 310 g/mol. The van der Waals surface area contributed by atoms with Gasteiger partial charge in [0.2, 0.25) is 5.91 Å². The fraction of sp³-hybridized carbons (Fsp3) is 0.538. The number of nitrogens with two attached hydrogens (primary N) is 1. The molecule has 1 amide bonds. The van der Waals surface area contributed by atoms with Crippen molar-refractivity contribution in [1.82, 2.24) is 24.4 Å². The zero-order chi connectivity index (χ0) is 16.6. The molecule has 1 saturated heterocycles. The Morgan fingerprint density at radius 3 is 2.83 bits per heavy atom. The molecule has 2 aromatic rings. The smallest absolute Gasteiger partial charge is 0.255 e. The van der Waals surface area contributed by atoms with E-state index in [0.717, 1.165) is 4.90 Å². The van der Waals surface area contributed by atoms with Crippen molar-refractivity contribution in [3.05, 3.63) is 12.7 Å². The van der Waals surface area contributed by atoms with Crippen molar-refractivity contribution in [2.75, 3.05) is 25.5 Å². The molecule has 3 rings (SSSR count). The number of anilines is 1. The van der Waals surface area contributed by atoms with Gasteiger partial charge in [-0.1, -0.05) is 0 Å².